The third-order valence-electron chi connectivity index (χ3n) is 5.39. The van der Waals surface area contributed by atoms with Crippen LogP contribution in [0.2, 0.25) is 0 Å². The van der Waals surface area contributed by atoms with Gasteiger partial charge in [0, 0.05) is 59.5 Å². The molecule has 13 heteroatoms. The summed E-state index contributed by atoms with van der Waals surface area (Å²) in [4.78, 5) is 40.7. The number of rotatable bonds is 11. The highest BCUT2D eigenvalue weighted by atomic mass is 16.5. The average molecular weight is 465 g/mol. The van der Waals surface area contributed by atoms with E-state index >= 15 is 0 Å². The fraction of sp³-hybridized carbons (Fsp3) is 0.842. The summed E-state index contributed by atoms with van der Waals surface area (Å²) in [6, 6.07) is -0.560. The second-order valence-electron chi connectivity index (χ2n) is 7.82. The minimum absolute atomic E-state index is 0.131. The first-order valence-electron chi connectivity index (χ1n) is 10.5. The summed E-state index contributed by atoms with van der Waals surface area (Å²) in [5.41, 5.74) is 0. The van der Waals surface area contributed by atoms with Gasteiger partial charge in [-0.1, -0.05) is 0 Å². The van der Waals surface area contributed by atoms with Gasteiger partial charge < -0.3 is 30.3 Å². The van der Waals surface area contributed by atoms with Gasteiger partial charge in [0.1, 0.15) is 0 Å². The van der Waals surface area contributed by atoms with Crippen LogP contribution in [-0.2, 0) is 19.1 Å². The Morgan fingerprint density at radius 1 is 0.750 bits per heavy atom. The van der Waals surface area contributed by atoms with Crippen LogP contribution in [-0.4, -0.2) is 168 Å². The molecule has 186 valence electrons. The molecule has 0 amide bonds. The maximum atomic E-state index is 11.3. The van der Waals surface area contributed by atoms with Gasteiger partial charge in [0.15, 0.2) is 0 Å². The quantitative estimate of drug-likeness (QED) is 0.207. The Hall–Kier alpha value is -1.87. The molecule has 0 bridgehead atoms. The highest BCUT2D eigenvalue weighted by Gasteiger charge is 2.28. The Balaban J connectivity index is 3.09. The van der Waals surface area contributed by atoms with E-state index in [1.54, 1.807) is 14.7 Å². The molecule has 0 radical (unpaired) electrons. The van der Waals surface area contributed by atoms with E-state index in [4.69, 9.17) is 4.74 Å². The molecule has 5 N–H and O–H groups in total. The SMILES string of the molecule is COCC(C(O)CO)N1CCN(CC(=O)O)CCN(CC(=O)O)CCN(CC(=O)O)CC1. The number of carbonyl (C=O) groups is 3. The van der Waals surface area contributed by atoms with Gasteiger partial charge in [-0.3, -0.25) is 34.0 Å². The molecule has 1 rings (SSSR count). The Morgan fingerprint density at radius 2 is 1.09 bits per heavy atom. The fourth-order valence-corrected chi connectivity index (χ4v) is 3.68. The molecule has 0 aromatic rings. The molecule has 0 saturated carbocycles. The third kappa shape index (κ3) is 11.1. The largest absolute Gasteiger partial charge is 0.480 e. The Labute approximate surface area is 187 Å². The lowest BCUT2D eigenvalue weighted by atomic mass is 10.1. The van der Waals surface area contributed by atoms with Crippen LogP contribution in [0.5, 0.6) is 0 Å². The highest BCUT2D eigenvalue weighted by Crippen LogP contribution is 2.09. The van der Waals surface area contributed by atoms with E-state index in [1.165, 1.54) is 7.11 Å². The van der Waals surface area contributed by atoms with E-state index in [2.05, 4.69) is 0 Å². The molecule has 0 spiro atoms. The van der Waals surface area contributed by atoms with E-state index in [1.807, 2.05) is 4.90 Å². The van der Waals surface area contributed by atoms with Gasteiger partial charge in [-0.15, -0.1) is 0 Å². The molecule has 0 aromatic carbocycles. The molecule has 1 aliphatic rings. The van der Waals surface area contributed by atoms with Gasteiger partial charge in [0.05, 0.1) is 45.0 Å². The number of carboxylic acids is 3. The number of aliphatic hydroxyl groups excluding tert-OH is 2. The molecule has 2 atom stereocenters. The van der Waals surface area contributed by atoms with Crippen LogP contribution in [0.3, 0.4) is 0 Å². The van der Waals surface area contributed by atoms with E-state index in [-0.39, 0.29) is 26.2 Å². The molecular formula is C19H36N4O9. The molecule has 1 aliphatic heterocycles. The Bertz CT molecular complexity index is 563. The first kappa shape index (κ1) is 28.2. The summed E-state index contributed by atoms with van der Waals surface area (Å²) in [7, 11) is 1.47. The predicted octanol–water partition coefficient (Wildman–Crippen LogP) is -3.17. The van der Waals surface area contributed by atoms with E-state index in [0.717, 1.165) is 0 Å². The van der Waals surface area contributed by atoms with Gasteiger partial charge >= 0.3 is 17.9 Å². The second kappa shape index (κ2) is 15.1. The van der Waals surface area contributed by atoms with Gasteiger partial charge in [-0.25, -0.2) is 0 Å². The van der Waals surface area contributed by atoms with E-state index < -0.39 is 36.7 Å². The Kier molecular flexibility index (Phi) is 13.2. The van der Waals surface area contributed by atoms with Gasteiger partial charge in [0.2, 0.25) is 0 Å². The molecule has 1 heterocycles. The van der Waals surface area contributed by atoms with Crippen LogP contribution in [0.15, 0.2) is 0 Å². The van der Waals surface area contributed by atoms with Crippen LogP contribution in [0, 0.1) is 0 Å². The van der Waals surface area contributed by atoms with Crippen molar-refractivity contribution in [2.75, 3.05) is 92.3 Å². The van der Waals surface area contributed by atoms with Crippen molar-refractivity contribution >= 4 is 17.9 Å². The van der Waals surface area contributed by atoms with Gasteiger partial charge in [-0.2, -0.15) is 0 Å². The number of hydrogen-bond donors (Lipinski definition) is 5. The van der Waals surface area contributed by atoms with Crippen molar-refractivity contribution in [1.29, 1.82) is 0 Å². The van der Waals surface area contributed by atoms with E-state index in [9.17, 15) is 39.9 Å². The summed E-state index contributed by atoms with van der Waals surface area (Å²) in [6.45, 7) is 1.54. The molecular weight excluding hydrogens is 428 g/mol. The smallest absolute Gasteiger partial charge is 0.317 e. The maximum Gasteiger partial charge on any atom is 0.317 e. The number of carboxylic acid groups (broad SMARTS) is 3. The lowest BCUT2D eigenvalue weighted by molar-refractivity contribution is -0.140. The van der Waals surface area contributed by atoms with Crippen molar-refractivity contribution in [3.05, 3.63) is 0 Å². The van der Waals surface area contributed by atoms with E-state index in [0.29, 0.717) is 52.4 Å². The normalized spacial score (nSPS) is 20.7. The monoisotopic (exact) mass is 464 g/mol. The first-order valence-corrected chi connectivity index (χ1v) is 10.5. The standard InChI is InChI=1S/C19H36N4O9/c1-32-14-15(16(25)13-24)23-8-6-21(11-18(28)29)4-2-20(10-17(26)27)3-5-22(7-9-23)12-19(30)31/h15-16,24-25H,2-14H2,1H3,(H,26,27)(H,28,29)(H,30,31). The summed E-state index contributed by atoms with van der Waals surface area (Å²) >= 11 is 0. The number of aliphatic carboxylic acids is 3. The number of methoxy groups -OCH3 is 1. The fourth-order valence-electron chi connectivity index (χ4n) is 3.68. The summed E-state index contributed by atoms with van der Waals surface area (Å²) < 4.78 is 5.20. The van der Waals surface area contributed by atoms with Gasteiger partial charge in [-0.05, 0) is 0 Å². The molecule has 32 heavy (non-hydrogen) atoms. The zero-order valence-corrected chi connectivity index (χ0v) is 18.5. The van der Waals surface area contributed by atoms with Crippen LogP contribution in [0.25, 0.3) is 0 Å². The number of aliphatic hydroxyl groups is 2. The minimum atomic E-state index is -1.09. The maximum absolute atomic E-state index is 11.3. The van der Waals surface area contributed by atoms with Crippen LogP contribution >= 0.6 is 0 Å². The molecule has 2 unspecified atom stereocenters. The molecule has 1 saturated heterocycles. The van der Waals surface area contributed by atoms with Gasteiger partial charge in [0.25, 0.3) is 0 Å². The van der Waals surface area contributed by atoms with Crippen molar-refractivity contribution in [2.45, 2.75) is 12.1 Å². The van der Waals surface area contributed by atoms with Crippen molar-refractivity contribution in [3.63, 3.8) is 0 Å². The minimum Gasteiger partial charge on any atom is -0.480 e. The Morgan fingerprint density at radius 3 is 1.38 bits per heavy atom. The summed E-state index contributed by atoms with van der Waals surface area (Å²) in [6.07, 6.45) is -1.09. The summed E-state index contributed by atoms with van der Waals surface area (Å²) in [5, 5.41) is 47.4. The van der Waals surface area contributed by atoms with Crippen LogP contribution in [0.4, 0.5) is 0 Å². The predicted molar refractivity (Wildman–Crippen MR) is 113 cm³/mol. The topological polar surface area (TPSA) is 175 Å². The average Bonchev–Trinajstić information content (AvgIpc) is 2.70. The lowest BCUT2D eigenvalue weighted by Crippen LogP contribution is -2.54. The van der Waals surface area contributed by atoms with Crippen molar-refractivity contribution in [2.24, 2.45) is 0 Å². The molecule has 1 fully saturated rings. The molecule has 0 aromatic heterocycles. The van der Waals surface area contributed by atoms with Crippen molar-refractivity contribution < 1.29 is 44.7 Å². The van der Waals surface area contributed by atoms with Crippen molar-refractivity contribution in [3.8, 4) is 0 Å². The van der Waals surface area contributed by atoms with Crippen molar-refractivity contribution in [1.82, 2.24) is 19.6 Å². The van der Waals surface area contributed by atoms with Crippen LogP contribution < -0.4 is 0 Å². The summed E-state index contributed by atoms with van der Waals surface area (Å²) in [5.74, 6) is -3.03. The number of nitrogens with zero attached hydrogens (tertiary/aromatic N) is 4. The zero-order valence-electron chi connectivity index (χ0n) is 18.5. The highest BCUT2D eigenvalue weighted by molar-refractivity contribution is 5.69. The third-order valence-corrected chi connectivity index (χ3v) is 5.39. The van der Waals surface area contributed by atoms with Crippen LogP contribution in [0.1, 0.15) is 0 Å². The number of hydrogen-bond acceptors (Lipinski definition) is 10. The molecule has 0 aliphatic carbocycles. The second-order valence-corrected chi connectivity index (χ2v) is 7.82. The zero-order chi connectivity index (χ0) is 24.1. The first-order chi connectivity index (χ1) is 15.2. The number of ether oxygens (including phenoxy) is 1. The molecule has 13 nitrogen and oxygen atoms in total. The lowest BCUT2D eigenvalue weighted by Gasteiger charge is -2.37.